The van der Waals surface area contributed by atoms with E-state index in [1.54, 1.807) is 14.1 Å². The molecule has 8 aromatic rings. The number of carbonyl (C=O) groups excluding carboxylic acids is 4. The molecule has 4 saturated carbocycles. The van der Waals surface area contributed by atoms with E-state index in [4.69, 9.17) is 0 Å². The second kappa shape index (κ2) is 30.4. The molecule has 18 rings (SSSR count). The Morgan fingerprint density at radius 3 is 0.840 bits per heavy atom. The van der Waals surface area contributed by atoms with Gasteiger partial charge in [-0.3, -0.25) is 37.9 Å². The molecule has 0 saturated heterocycles. The molecule has 12 unspecified atom stereocenters. The quantitative estimate of drug-likeness (QED) is 0.0688. The van der Waals surface area contributed by atoms with E-state index < -0.39 is 72.1 Å². The minimum absolute atomic E-state index is 0.0634. The van der Waals surface area contributed by atoms with Crippen molar-refractivity contribution in [1.29, 1.82) is 0 Å². The summed E-state index contributed by atoms with van der Waals surface area (Å²) in [5, 5.41) is 26.5. The smallest absolute Gasteiger partial charge is 0.282 e. The van der Waals surface area contributed by atoms with Gasteiger partial charge in [-0.15, -0.1) is 0 Å². The molecule has 4 aromatic carbocycles. The van der Waals surface area contributed by atoms with Crippen molar-refractivity contribution < 1.29 is 54.3 Å². The fourth-order valence-electron chi connectivity index (χ4n) is 20.4. The summed E-state index contributed by atoms with van der Waals surface area (Å²) >= 11 is 0. The molecule has 4 heterocycles. The van der Waals surface area contributed by atoms with Crippen LogP contribution in [0.4, 0.5) is 57.9 Å². The first-order valence-corrected chi connectivity index (χ1v) is 37.5. The van der Waals surface area contributed by atoms with Crippen molar-refractivity contribution in [2.75, 3.05) is 21.3 Å². The number of amides is 4. The molecule has 8 bridgehead atoms. The van der Waals surface area contributed by atoms with Gasteiger partial charge in [0.1, 0.15) is 22.8 Å². The van der Waals surface area contributed by atoms with Gasteiger partial charge in [0, 0.05) is 75.7 Å². The summed E-state index contributed by atoms with van der Waals surface area (Å²) in [5.74, 6) is 6.50. The zero-order valence-electron chi connectivity index (χ0n) is 62.1. The predicted molar refractivity (Wildman–Crippen MR) is 392 cm³/mol. The van der Waals surface area contributed by atoms with Gasteiger partial charge in [0.25, 0.3) is 49.3 Å². The third-order valence-electron chi connectivity index (χ3n) is 24.4. The van der Waals surface area contributed by atoms with Crippen LogP contribution < -0.4 is 21.3 Å². The van der Waals surface area contributed by atoms with E-state index in [-0.39, 0.29) is 22.3 Å². The van der Waals surface area contributed by atoms with Gasteiger partial charge < -0.3 is 21.3 Å². The summed E-state index contributed by atoms with van der Waals surface area (Å²) < 4.78 is 111. The lowest BCUT2D eigenvalue weighted by Crippen LogP contribution is -2.33. The van der Waals surface area contributed by atoms with Crippen LogP contribution in [0, 0.1) is 47.3 Å². The molecular formula is C82H96F8N12O4. The summed E-state index contributed by atoms with van der Waals surface area (Å²) in [6.45, 7) is 18.1. The van der Waals surface area contributed by atoms with Crippen LogP contribution in [0.1, 0.15) is 301 Å². The van der Waals surface area contributed by atoms with E-state index >= 15 is 0 Å². The van der Waals surface area contributed by atoms with Crippen LogP contribution in [0.15, 0.2) is 97.6 Å². The van der Waals surface area contributed by atoms with E-state index in [9.17, 15) is 54.3 Å². The highest BCUT2D eigenvalue weighted by atomic mass is 19.3. The highest BCUT2D eigenvalue weighted by Gasteiger charge is 2.50. The predicted octanol–water partition coefficient (Wildman–Crippen LogP) is 20.2. The summed E-state index contributed by atoms with van der Waals surface area (Å²) in [7, 11) is 6.16. The third kappa shape index (κ3) is 14.2. The Bertz CT molecular complexity index is 4320. The molecule has 0 spiro atoms. The van der Waals surface area contributed by atoms with Gasteiger partial charge in [-0.2, -0.15) is 20.4 Å². The number of carbonyl (C=O) groups is 4. The van der Waals surface area contributed by atoms with Crippen LogP contribution in [0.3, 0.4) is 0 Å². The maximum absolute atomic E-state index is 13.2. The number of halogens is 8. The fraction of sp³-hybridized carbons (Fsp3) is 0.512. The van der Waals surface area contributed by atoms with Crippen LogP contribution in [-0.4, -0.2) is 62.8 Å². The van der Waals surface area contributed by atoms with Crippen LogP contribution in [0.5, 0.6) is 0 Å². The normalized spacial score (nSPS) is 23.7. The van der Waals surface area contributed by atoms with Crippen LogP contribution in [0.25, 0.3) is 0 Å². The van der Waals surface area contributed by atoms with Gasteiger partial charge in [0.2, 0.25) is 0 Å². The second-order valence-corrected chi connectivity index (χ2v) is 31.9. The standard InChI is InChI=1S/2C21H25F2N3O.2C20H23F2N3O/c2*1-11(2)15-9-12-7-8-14(15)18-13(12)5-4-6-17(18)24-21(27)16-10-26(3)25-19(16)20(22)23;2*1-10(2)16-12-7-8-13(16)17-11(12)5-4-6-15(17)23-20(26)14-9-25(3)24-18(14)19(21)22/h2*4-6,10-12,14-15,20H,7-9H2,1-3H3,(H,24,27);2*4-6,9-10,12-13,16,19H,7-8H2,1-3H3,(H,23,26). The van der Waals surface area contributed by atoms with E-state index in [0.29, 0.717) is 94.7 Å². The number of fused-ring (bicyclic) bond motifs is 14. The summed E-state index contributed by atoms with van der Waals surface area (Å²) in [4.78, 5) is 50.9. The van der Waals surface area contributed by atoms with E-state index in [1.165, 1.54) is 141 Å². The van der Waals surface area contributed by atoms with Crippen LogP contribution in [-0.2, 0) is 28.2 Å². The van der Waals surface area contributed by atoms with Crippen molar-refractivity contribution in [2.45, 2.75) is 193 Å². The molecule has 10 aliphatic carbocycles. The SMILES string of the molecule is CC(C)C1C2CCC1c1c(NC(=O)c3cn(C)nc3C(F)F)cccc12.CC(C)C1C2CCC1c1c(NC(=O)c3cn(C)nc3C(F)F)cccc12.CC(C)C1CC2CCC1c1c(NC(=O)c3cn(C)nc3C(F)F)cccc12.CC(C)C1CC2CCC1c1c(NC(=O)c3cn(C)nc3C(F)F)cccc12. The fourth-order valence-corrected chi connectivity index (χ4v) is 20.4. The molecule has 24 heteroatoms. The molecule has 4 fully saturated rings. The average molecular weight is 1470 g/mol. The Morgan fingerprint density at radius 2 is 0.585 bits per heavy atom. The van der Waals surface area contributed by atoms with Gasteiger partial charge in [-0.1, -0.05) is 104 Å². The van der Waals surface area contributed by atoms with Gasteiger partial charge in [0.05, 0.1) is 22.3 Å². The van der Waals surface area contributed by atoms with E-state index in [0.717, 1.165) is 48.4 Å². The highest BCUT2D eigenvalue weighted by Crippen LogP contribution is 2.64. The van der Waals surface area contributed by atoms with Gasteiger partial charge >= 0.3 is 0 Å². The summed E-state index contributed by atoms with van der Waals surface area (Å²) in [6.07, 6.45) is 5.97. The number of anilines is 4. The molecule has 16 nitrogen and oxygen atoms in total. The van der Waals surface area contributed by atoms with Crippen LogP contribution in [0.2, 0.25) is 0 Å². The van der Waals surface area contributed by atoms with E-state index in [2.05, 4.69) is 121 Å². The minimum atomic E-state index is -2.78. The maximum atomic E-state index is 13.2. The largest absolute Gasteiger partial charge is 0.322 e. The number of aryl methyl sites for hydroxylation is 4. The molecule has 0 aliphatic heterocycles. The van der Waals surface area contributed by atoms with Crippen molar-refractivity contribution in [3.8, 4) is 0 Å². The van der Waals surface area contributed by atoms with Crippen molar-refractivity contribution in [2.24, 2.45) is 75.5 Å². The van der Waals surface area contributed by atoms with Crippen LogP contribution >= 0.6 is 0 Å². The topological polar surface area (TPSA) is 188 Å². The minimum Gasteiger partial charge on any atom is -0.322 e. The van der Waals surface area contributed by atoms with Crippen molar-refractivity contribution in [3.63, 3.8) is 0 Å². The first-order chi connectivity index (χ1) is 50.5. The number of hydrogen-bond acceptors (Lipinski definition) is 8. The molecule has 4 N–H and O–H groups in total. The zero-order chi connectivity index (χ0) is 75.8. The molecule has 4 aromatic heterocycles. The lowest BCUT2D eigenvalue weighted by Gasteiger charge is -2.46. The molecule has 12 atom stereocenters. The number of alkyl halides is 8. The van der Waals surface area contributed by atoms with Crippen molar-refractivity contribution >= 4 is 46.4 Å². The molecule has 564 valence electrons. The third-order valence-corrected chi connectivity index (χ3v) is 24.4. The van der Waals surface area contributed by atoms with Crippen molar-refractivity contribution in [3.05, 3.63) is 187 Å². The molecular weight excluding hydrogens is 1370 g/mol. The Morgan fingerprint density at radius 1 is 0.340 bits per heavy atom. The zero-order valence-corrected chi connectivity index (χ0v) is 62.1. The highest BCUT2D eigenvalue weighted by molar-refractivity contribution is 6.08. The molecule has 4 amide bonds. The number of nitrogens with zero attached hydrogens (tertiary/aromatic N) is 8. The molecule has 106 heavy (non-hydrogen) atoms. The van der Waals surface area contributed by atoms with E-state index in [1.807, 2.05) is 48.5 Å². The molecule has 10 aliphatic rings. The summed E-state index contributed by atoms with van der Waals surface area (Å²) in [5.41, 5.74) is 11.0. The lowest BCUT2D eigenvalue weighted by atomic mass is 9.59. The monoisotopic (exact) mass is 1460 g/mol. The Kier molecular flexibility index (Phi) is 21.6. The number of nitrogens with one attached hydrogen (secondary N) is 4. The Hall–Kier alpha value is -8.96. The lowest BCUT2D eigenvalue weighted by molar-refractivity contribution is 0.1000. The van der Waals surface area contributed by atoms with Gasteiger partial charge in [0.15, 0.2) is 0 Å². The first kappa shape index (κ1) is 75.3. The second-order valence-electron chi connectivity index (χ2n) is 31.9. The van der Waals surface area contributed by atoms with Crippen molar-refractivity contribution in [1.82, 2.24) is 39.1 Å². The Labute approximate surface area is 613 Å². The van der Waals surface area contributed by atoms with Gasteiger partial charge in [-0.05, 0) is 228 Å². The summed E-state index contributed by atoms with van der Waals surface area (Å²) in [6, 6.07) is 24.0. The number of benzene rings is 4. The maximum Gasteiger partial charge on any atom is 0.282 e. The Balaban J connectivity index is 0.000000125. The number of hydrogen-bond donors (Lipinski definition) is 4. The molecule has 0 radical (unpaired) electrons. The number of rotatable bonds is 16. The average Bonchev–Trinajstić information content (AvgIpc) is 1.23. The van der Waals surface area contributed by atoms with Gasteiger partial charge in [-0.25, -0.2) is 35.1 Å². The number of aromatic nitrogens is 8. The first-order valence-electron chi connectivity index (χ1n) is 37.5.